The second-order valence-electron chi connectivity index (χ2n) is 5.86. The quantitative estimate of drug-likeness (QED) is 0.857. The summed E-state index contributed by atoms with van der Waals surface area (Å²) < 4.78 is 2.24. The number of hydrogen-bond donors (Lipinski definition) is 1. The number of nitrogens with zero attached hydrogens (tertiary/aromatic N) is 3. The third-order valence-electron chi connectivity index (χ3n) is 4.04. The van der Waals surface area contributed by atoms with Crippen LogP contribution < -0.4 is 5.32 Å². The molecule has 1 N–H and O–H groups in total. The van der Waals surface area contributed by atoms with Crippen molar-refractivity contribution in [3.05, 3.63) is 11.9 Å². The van der Waals surface area contributed by atoms with Gasteiger partial charge in [-0.05, 0) is 58.7 Å². The Bertz CT molecular complexity index is 377. The van der Waals surface area contributed by atoms with Gasteiger partial charge in [0.2, 0.25) is 5.95 Å². The van der Waals surface area contributed by atoms with Gasteiger partial charge in [-0.25, -0.2) is 4.98 Å². The molecule has 1 saturated heterocycles. The second-order valence-corrected chi connectivity index (χ2v) is 5.86. The van der Waals surface area contributed by atoms with E-state index in [1.807, 2.05) is 0 Å². The Morgan fingerprint density at radius 2 is 2.11 bits per heavy atom. The molecule has 1 aliphatic rings. The molecule has 2 rings (SSSR count). The van der Waals surface area contributed by atoms with Gasteiger partial charge in [0.1, 0.15) is 0 Å². The van der Waals surface area contributed by atoms with E-state index in [0.29, 0.717) is 0 Å². The van der Waals surface area contributed by atoms with Crippen LogP contribution in [-0.4, -0.2) is 41.1 Å². The van der Waals surface area contributed by atoms with Crippen LogP contribution in [0, 0.1) is 12.8 Å². The first-order valence-corrected chi connectivity index (χ1v) is 7.65. The van der Waals surface area contributed by atoms with Crippen molar-refractivity contribution in [3.8, 4) is 0 Å². The number of rotatable bonds is 6. The van der Waals surface area contributed by atoms with Crippen LogP contribution in [0.25, 0.3) is 0 Å². The molecule has 0 aliphatic carbocycles. The summed E-state index contributed by atoms with van der Waals surface area (Å²) >= 11 is 0. The molecule has 1 aromatic heterocycles. The fourth-order valence-electron chi connectivity index (χ4n) is 2.84. The monoisotopic (exact) mass is 264 g/mol. The molecule has 4 heteroatoms. The van der Waals surface area contributed by atoms with E-state index in [4.69, 9.17) is 0 Å². The van der Waals surface area contributed by atoms with Crippen molar-refractivity contribution < 1.29 is 0 Å². The summed E-state index contributed by atoms with van der Waals surface area (Å²) in [5, 5.41) is 3.52. The number of anilines is 1. The van der Waals surface area contributed by atoms with Gasteiger partial charge in [0, 0.05) is 19.3 Å². The Hall–Kier alpha value is -1.03. The molecular formula is C15H28N4. The van der Waals surface area contributed by atoms with Crippen molar-refractivity contribution >= 4 is 5.95 Å². The normalized spacial score (nSPS) is 17.8. The summed E-state index contributed by atoms with van der Waals surface area (Å²) in [5.41, 5.74) is 1.11. The first kappa shape index (κ1) is 14.4. The van der Waals surface area contributed by atoms with Gasteiger partial charge in [0.05, 0.1) is 5.69 Å². The highest BCUT2D eigenvalue weighted by molar-refractivity contribution is 5.28. The molecule has 0 unspecified atom stereocenters. The van der Waals surface area contributed by atoms with Gasteiger partial charge < -0.3 is 14.8 Å². The fourth-order valence-corrected chi connectivity index (χ4v) is 2.84. The number of hydrogen-bond acceptors (Lipinski definition) is 3. The van der Waals surface area contributed by atoms with Gasteiger partial charge >= 0.3 is 0 Å². The van der Waals surface area contributed by atoms with Crippen LogP contribution in [0.3, 0.4) is 0 Å². The van der Waals surface area contributed by atoms with Gasteiger partial charge in [0.15, 0.2) is 0 Å². The summed E-state index contributed by atoms with van der Waals surface area (Å²) in [6.45, 7) is 8.89. The zero-order valence-corrected chi connectivity index (χ0v) is 12.7. The zero-order valence-electron chi connectivity index (χ0n) is 12.7. The number of aryl methyl sites for hydroxylation is 2. The lowest BCUT2D eigenvalue weighted by Gasteiger charge is -2.28. The largest absolute Gasteiger partial charge is 0.356 e. The fraction of sp³-hybridized carbons (Fsp3) is 0.800. The summed E-state index contributed by atoms with van der Waals surface area (Å²) in [7, 11) is 2.22. The molecule has 0 bridgehead atoms. The van der Waals surface area contributed by atoms with E-state index in [-0.39, 0.29) is 0 Å². The van der Waals surface area contributed by atoms with Crippen molar-refractivity contribution in [2.24, 2.45) is 5.92 Å². The molecule has 4 nitrogen and oxygen atoms in total. The average molecular weight is 264 g/mol. The molecule has 0 aromatic carbocycles. The molecule has 0 amide bonds. The molecule has 19 heavy (non-hydrogen) atoms. The average Bonchev–Trinajstić information content (AvgIpc) is 2.73. The predicted molar refractivity (Wildman–Crippen MR) is 80.6 cm³/mol. The number of likely N-dealkylation sites (tertiary alicyclic amines) is 1. The highest BCUT2D eigenvalue weighted by Crippen LogP contribution is 2.19. The van der Waals surface area contributed by atoms with Gasteiger partial charge in [-0.15, -0.1) is 0 Å². The Kier molecular flexibility index (Phi) is 5.25. The minimum atomic E-state index is 0.888. The standard InChI is InChI=1S/C15H28N4/c1-4-9-19-12-13(2)17-15(19)16-8-5-14-6-10-18(3)11-7-14/h12,14H,4-11H2,1-3H3,(H,16,17). The first-order chi connectivity index (χ1) is 9.19. The van der Waals surface area contributed by atoms with E-state index in [9.17, 15) is 0 Å². The number of aromatic nitrogens is 2. The van der Waals surface area contributed by atoms with Crippen LogP contribution >= 0.6 is 0 Å². The van der Waals surface area contributed by atoms with Crippen molar-refractivity contribution in [3.63, 3.8) is 0 Å². The Balaban J connectivity index is 1.76. The van der Waals surface area contributed by atoms with E-state index in [0.717, 1.165) is 37.1 Å². The number of imidazole rings is 1. The minimum Gasteiger partial charge on any atom is -0.356 e. The lowest BCUT2D eigenvalue weighted by Crippen LogP contribution is -2.31. The highest BCUT2D eigenvalue weighted by Gasteiger charge is 2.16. The van der Waals surface area contributed by atoms with Gasteiger partial charge in [-0.1, -0.05) is 6.92 Å². The molecule has 0 radical (unpaired) electrons. The van der Waals surface area contributed by atoms with E-state index < -0.39 is 0 Å². The summed E-state index contributed by atoms with van der Waals surface area (Å²) in [4.78, 5) is 7.00. The maximum Gasteiger partial charge on any atom is 0.203 e. The van der Waals surface area contributed by atoms with Crippen molar-refractivity contribution in [1.82, 2.24) is 14.5 Å². The highest BCUT2D eigenvalue weighted by atomic mass is 15.2. The Morgan fingerprint density at radius 3 is 2.79 bits per heavy atom. The molecule has 0 spiro atoms. The van der Waals surface area contributed by atoms with Gasteiger partial charge in [-0.2, -0.15) is 0 Å². The van der Waals surface area contributed by atoms with Crippen LogP contribution in [0.2, 0.25) is 0 Å². The van der Waals surface area contributed by atoms with Crippen LogP contribution in [0.1, 0.15) is 38.3 Å². The minimum absolute atomic E-state index is 0.888. The molecular weight excluding hydrogens is 236 g/mol. The van der Waals surface area contributed by atoms with Crippen LogP contribution in [0.15, 0.2) is 6.20 Å². The maximum absolute atomic E-state index is 4.57. The lowest BCUT2D eigenvalue weighted by molar-refractivity contribution is 0.215. The first-order valence-electron chi connectivity index (χ1n) is 7.65. The summed E-state index contributed by atoms with van der Waals surface area (Å²) in [6, 6.07) is 0. The Labute approximate surface area is 117 Å². The van der Waals surface area contributed by atoms with Crippen LogP contribution in [-0.2, 0) is 6.54 Å². The molecule has 1 aromatic rings. The molecule has 2 heterocycles. The third-order valence-corrected chi connectivity index (χ3v) is 4.04. The van der Waals surface area contributed by atoms with Gasteiger partial charge in [-0.3, -0.25) is 0 Å². The molecule has 1 fully saturated rings. The van der Waals surface area contributed by atoms with Crippen LogP contribution in [0.5, 0.6) is 0 Å². The molecule has 1 aliphatic heterocycles. The molecule has 108 valence electrons. The smallest absolute Gasteiger partial charge is 0.203 e. The SMILES string of the molecule is CCCn1cc(C)nc1NCCC1CCN(C)CC1. The topological polar surface area (TPSA) is 33.1 Å². The van der Waals surface area contributed by atoms with Crippen molar-refractivity contribution in [2.75, 3.05) is 32.0 Å². The Morgan fingerprint density at radius 1 is 1.37 bits per heavy atom. The third kappa shape index (κ3) is 4.23. The summed E-state index contributed by atoms with van der Waals surface area (Å²) in [6.07, 6.45) is 7.26. The van der Waals surface area contributed by atoms with E-state index in [1.54, 1.807) is 0 Å². The predicted octanol–water partition coefficient (Wildman–Crippen LogP) is 2.75. The van der Waals surface area contributed by atoms with Crippen LogP contribution in [0.4, 0.5) is 5.95 Å². The second kappa shape index (κ2) is 6.94. The van der Waals surface area contributed by atoms with E-state index in [1.165, 1.54) is 32.4 Å². The van der Waals surface area contributed by atoms with E-state index in [2.05, 4.69) is 46.9 Å². The summed E-state index contributed by atoms with van der Waals surface area (Å²) in [5.74, 6) is 1.94. The molecule has 0 saturated carbocycles. The zero-order chi connectivity index (χ0) is 13.7. The maximum atomic E-state index is 4.57. The van der Waals surface area contributed by atoms with Gasteiger partial charge in [0.25, 0.3) is 0 Å². The van der Waals surface area contributed by atoms with Crippen molar-refractivity contribution in [2.45, 2.75) is 46.1 Å². The number of nitrogens with one attached hydrogen (secondary N) is 1. The van der Waals surface area contributed by atoms with Crippen molar-refractivity contribution in [1.29, 1.82) is 0 Å². The lowest BCUT2D eigenvalue weighted by atomic mass is 9.94. The van der Waals surface area contributed by atoms with E-state index >= 15 is 0 Å². The molecule has 0 atom stereocenters. The number of piperidine rings is 1.